The van der Waals surface area contributed by atoms with Gasteiger partial charge in [-0.25, -0.2) is 9.97 Å². The monoisotopic (exact) mass is 356 g/mol. The first-order valence-electron chi connectivity index (χ1n) is 8.27. The Kier molecular flexibility index (Phi) is 6.62. The quantitative estimate of drug-likeness (QED) is 0.701. The molecule has 0 aliphatic rings. The van der Waals surface area contributed by atoms with Gasteiger partial charge in [0.25, 0.3) is 5.91 Å². The molecule has 0 fully saturated rings. The average Bonchev–Trinajstić information content (AvgIpc) is 2.55. The van der Waals surface area contributed by atoms with Gasteiger partial charge in [-0.15, -0.1) is 0 Å². The number of nitrogens with one attached hydrogen (secondary N) is 3. The van der Waals surface area contributed by atoms with E-state index in [0.717, 1.165) is 6.54 Å². The van der Waals surface area contributed by atoms with E-state index in [1.165, 1.54) is 6.92 Å². The third-order valence-electron chi connectivity index (χ3n) is 3.39. The van der Waals surface area contributed by atoms with Gasteiger partial charge < -0.3 is 20.9 Å². The summed E-state index contributed by atoms with van der Waals surface area (Å²) in [6.07, 6.45) is 0. The lowest BCUT2D eigenvalue weighted by atomic mass is 10.2. The van der Waals surface area contributed by atoms with Crippen LogP contribution in [0.2, 0.25) is 0 Å². The molecule has 2 amide bonds. The fraction of sp³-hybridized carbons (Fsp3) is 0.333. The predicted octanol–water partition coefficient (Wildman–Crippen LogP) is 1.97. The number of hydrogen-bond donors (Lipinski definition) is 3. The molecule has 0 spiro atoms. The van der Waals surface area contributed by atoms with Crippen molar-refractivity contribution in [3.63, 3.8) is 0 Å². The lowest BCUT2D eigenvalue weighted by Crippen LogP contribution is -2.22. The Balaban J connectivity index is 2.04. The van der Waals surface area contributed by atoms with Crippen LogP contribution in [0.3, 0.4) is 0 Å². The molecule has 0 aliphatic heterocycles. The number of likely N-dealkylation sites (N-methyl/N-ethyl adjacent to an activating group) is 1. The highest BCUT2D eigenvalue weighted by atomic mass is 16.2. The maximum Gasteiger partial charge on any atom is 0.274 e. The Bertz CT molecular complexity index is 774. The van der Waals surface area contributed by atoms with Gasteiger partial charge in [0, 0.05) is 37.1 Å². The van der Waals surface area contributed by atoms with E-state index in [1.54, 1.807) is 30.3 Å². The van der Waals surface area contributed by atoms with E-state index in [0.29, 0.717) is 29.6 Å². The van der Waals surface area contributed by atoms with Crippen LogP contribution in [0, 0.1) is 6.92 Å². The Labute approximate surface area is 153 Å². The van der Waals surface area contributed by atoms with Crippen molar-refractivity contribution in [2.75, 3.05) is 43.1 Å². The van der Waals surface area contributed by atoms with Crippen LogP contribution in [0.15, 0.2) is 30.3 Å². The zero-order chi connectivity index (χ0) is 19.1. The second-order valence-electron chi connectivity index (χ2n) is 6.16. The number of hydrogen-bond acceptors (Lipinski definition) is 6. The zero-order valence-electron chi connectivity index (χ0n) is 15.5. The summed E-state index contributed by atoms with van der Waals surface area (Å²) in [5.41, 5.74) is 2.28. The van der Waals surface area contributed by atoms with E-state index in [2.05, 4.69) is 25.9 Å². The molecule has 2 rings (SSSR count). The largest absolute Gasteiger partial charge is 0.353 e. The lowest BCUT2D eigenvalue weighted by molar-refractivity contribution is -0.114. The van der Waals surface area contributed by atoms with Crippen molar-refractivity contribution in [3.8, 4) is 0 Å². The molecule has 0 saturated carbocycles. The van der Waals surface area contributed by atoms with Gasteiger partial charge in [0.1, 0.15) is 5.69 Å². The highest BCUT2D eigenvalue weighted by Crippen LogP contribution is 2.15. The van der Waals surface area contributed by atoms with Crippen LogP contribution in [0.1, 0.15) is 23.1 Å². The standard InChI is InChI=1S/C18H24N6O2/c1-12-11-16(23-18(20-12)19-9-10-24(3)4)17(26)22-15-7-5-14(6-8-15)21-13(2)25/h5-8,11H,9-10H2,1-4H3,(H,21,25)(H,22,26)(H,19,20,23). The minimum absolute atomic E-state index is 0.146. The molecular weight excluding hydrogens is 332 g/mol. The van der Waals surface area contributed by atoms with Crippen LogP contribution in [-0.2, 0) is 4.79 Å². The Morgan fingerprint density at radius 2 is 1.65 bits per heavy atom. The summed E-state index contributed by atoms with van der Waals surface area (Å²) in [6.45, 7) is 4.77. The zero-order valence-corrected chi connectivity index (χ0v) is 15.5. The highest BCUT2D eigenvalue weighted by molar-refractivity contribution is 6.03. The van der Waals surface area contributed by atoms with Crippen molar-refractivity contribution < 1.29 is 9.59 Å². The lowest BCUT2D eigenvalue weighted by Gasteiger charge is -2.12. The van der Waals surface area contributed by atoms with Gasteiger partial charge in [0.2, 0.25) is 11.9 Å². The average molecular weight is 356 g/mol. The van der Waals surface area contributed by atoms with Gasteiger partial charge in [-0.05, 0) is 51.4 Å². The molecule has 3 N–H and O–H groups in total. The molecule has 0 atom stereocenters. The van der Waals surface area contributed by atoms with Crippen LogP contribution >= 0.6 is 0 Å². The van der Waals surface area contributed by atoms with Crippen LogP contribution in [0.5, 0.6) is 0 Å². The summed E-state index contributed by atoms with van der Waals surface area (Å²) >= 11 is 0. The van der Waals surface area contributed by atoms with Gasteiger partial charge in [0.15, 0.2) is 0 Å². The van der Waals surface area contributed by atoms with Gasteiger partial charge in [-0.2, -0.15) is 0 Å². The molecule has 138 valence electrons. The third kappa shape index (κ3) is 6.14. The maximum atomic E-state index is 12.5. The van der Waals surface area contributed by atoms with E-state index in [4.69, 9.17) is 0 Å². The first-order chi connectivity index (χ1) is 12.3. The molecule has 0 bridgehead atoms. The molecule has 0 radical (unpaired) electrons. The molecular formula is C18H24N6O2. The van der Waals surface area contributed by atoms with E-state index in [-0.39, 0.29) is 17.5 Å². The fourth-order valence-electron chi connectivity index (χ4n) is 2.19. The fourth-order valence-corrected chi connectivity index (χ4v) is 2.19. The smallest absolute Gasteiger partial charge is 0.274 e. The number of amides is 2. The molecule has 0 unspecified atom stereocenters. The molecule has 0 aliphatic carbocycles. The first kappa shape index (κ1) is 19.3. The normalized spacial score (nSPS) is 10.5. The summed E-state index contributed by atoms with van der Waals surface area (Å²) in [5, 5.41) is 8.58. The second kappa shape index (κ2) is 8.91. The molecule has 0 saturated heterocycles. The Hall–Kier alpha value is -3.00. The summed E-state index contributed by atoms with van der Waals surface area (Å²) in [6, 6.07) is 8.51. The third-order valence-corrected chi connectivity index (χ3v) is 3.39. The van der Waals surface area contributed by atoms with Gasteiger partial charge >= 0.3 is 0 Å². The molecule has 8 nitrogen and oxygen atoms in total. The Morgan fingerprint density at radius 3 is 2.23 bits per heavy atom. The number of aryl methyl sites for hydroxylation is 1. The van der Waals surface area contributed by atoms with Crippen molar-refractivity contribution >= 4 is 29.1 Å². The first-order valence-corrected chi connectivity index (χ1v) is 8.27. The number of benzene rings is 1. The molecule has 1 aromatic heterocycles. The summed E-state index contributed by atoms with van der Waals surface area (Å²) in [5.74, 6) is -0.0380. The van der Waals surface area contributed by atoms with Crippen LogP contribution < -0.4 is 16.0 Å². The molecule has 1 heterocycles. The topological polar surface area (TPSA) is 99.2 Å². The maximum absolute atomic E-state index is 12.5. The minimum atomic E-state index is -0.321. The number of nitrogens with zero attached hydrogens (tertiary/aromatic N) is 3. The van der Waals surface area contributed by atoms with E-state index >= 15 is 0 Å². The second-order valence-corrected chi connectivity index (χ2v) is 6.16. The minimum Gasteiger partial charge on any atom is -0.353 e. The van der Waals surface area contributed by atoms with Gasteiger partial charge in [0.05, 0.1) is 0 Å². The van der Waals surface area contributed by atoms with Gasteiger partial charge in [-0.3, -0.25) is 9.59 Å². The van der Waals surface area contributed by atoms with E-state index < -0.39 is 0 Å². The van der Waals surface area contributed by atoms with Crippen LogP contribution in [0.25, 0.3) is 0 Å². The van der Waals surface area contributed by atoms with Crippen LogP contribution in [-0.4, -0.2) is 53.9 Å². The van der Waals surface area contributed by atoms with Crippen molar-refractivity contribution in [2.24, 2.45) is 0 Å². The molecule has 1 aromatic carbocycles. The highest BCUT2D eigenvalue weighted by Gasteiger charge is 2.11. The predicted molar refractivity (Wildman–Crippen MR) is 103 cm³/mol. The van der Waals surface area contributed by atoms with Crippen LogP contribution in [0.4, 0.5) is 17.3 Å². The SMILES string of the molecule is CC(=O)Nc1ccc(NC(=O)c2cc(C)nc(NCCN(C)C)n2)cc1. The number of carbonyl (C=O) groups excluding carboxylic acids is 2. The van der Waals surface area contributed by atoms with E-state index in [9.17, 15) is 9.59 Å². The number of carbonyl (C=O) groups is 2. The summed E-state index contributed by atoms with van der Waals surface area (Å²) < 4.78 is 0. The number of anilines is 3. The van der Waals surface area contributed by atoms with Crippen molar-refractivity contribution in [3.05, 3.63) is 41.7 Å². The number of aromatic nitrogens is 2. The Morgan fingerprint density at radius 1 is 1.04 bits per heavy atom. The van der Waals surface area contributed by atoms with Gasteiger partial charge in [-0.1, -0.05) is 0 Å². The van der Waals surface area contributed by atoms with Crippen molar-refractivity contribution in [1.29, 1.82) is 0 Å². The van der Waals surface area contributed by atoms with E-state index in [1.807, 2.05) is 25.9 Å². The summed E-state index contributed by atoms with van der Waals surface area (Å²) in [7, 11) is 3.96. The van der Waals surface area contributed by atoms with Crippen molar-refractivity contribution in [2.45, 2.75) is 13.8 Å². The molecule has 8 heteroatoms. The summed E-state index contributed by atoms with van der Waals surface area (Å²) in [4.78, 5) is 34.1. The van der Waals surface area contributed by atoms with Crippen molar-refractivity contribution in [1.82, 2.24) is 14.9 Å². The molecule has 26 heavy (non-hydrogen) atoms. The molecule has 2 aromatic rings. The number of rotatable bonds is 7.